The molecule has 0 aromatic carbocycles. The second-order valence-corrected chi connectivity index (χ2v) is 7.02. The monoisotopic (exact) mass is 464 g/mol. The van der Waals surface area contributed by atoms with Crippen LogP contribution in [-0.4, -0.2) is 45.7 Å². The van der Waals surface area contributed by atoms with E-state index in [4.69, 9.17) is 9.84 Å². The predicted molar refractivity (Wildman–Crippen MR) is 117 cm³/mol. The fourth-order valence-electron chi connectivity index (χ4n) is 3.00. The van der Waals surface area contributed by atoms with Crippen LogP contribution in [0.3, 0.4) is 0 Å². The molecule has 0 saturated heterocycles. The minimum atomic E-state index is -0.687. The van der Waals surface area contributed by atoms with E-state index < -0.39 is 6.09 Å². The van der Waals surface area contributed by atoms with E-state index in [1.165, 1.54) is 36.1 Å². The van der Waals surface area contributed by atoms with Crippen LogP contribution in [0.2, 0.25) is 0 Å². The lowest BCUT2D eigenvalue weighted by molar-refractivity contribution is 0.194. The highest BCUT2D eigenvalue weighted by atomic mass is 79.9. The second-order valence-electron chi connectivity index (χ2n) is 6.17. The number of carbonyl (C=O) groups excluding carboxylic acids is 1. The zero-order valence-corrected chi connectivity index (χ0v) is 17.9. The molecule has 29 heavy (non-hydrogen) atoms. The number of halogens is 1. The number of nitrogens with zero attached hydrogens (tertiary/aromatic N) is 4. The maximum atomic E-state index is 12.2. The highest BCUT2D eigenvalue weighted by Crippen LogP contribution is 2.25. The Morgan fingerprint density at radius 2 is 2.14 bits per heavy atom. The number of allylic oxidation sites excluding steroid dienone is 1. The van der Waals surface area contributed by atoms with E-state index in [2.05, 4.69) is 54.9 Å². The molecule has 0 atom stereocenters. The van der Waals surface area contributed by atoms with Crippen molar-refractivity contribution in [2.24, 2.45) is 4.99 Å². The van der Waals surface area contributed by atoms with E-state index in [9.17, 15) is 4.79 Å². The molecule has 0 bridgehead atoms. The Labute approximate surface area is 177 Å². The van der Waals surface area contributed by atoms with Crippen molar-refractivity contribution in [1.29, 1.82) is 0 Å². The Hall–Kier alpha value is -2.72. The summed E-state index contributed by atoms with van der Waals surface area (Å²) >= 11 is 3.44. The van der Waals surface area contributed by atoms with Crippen LogP contribution < -0.4 is 10.6 Å². The fraction of sp³-hybridized carbons (Fsp3) is 0.368. The van der Waals surface area contributed by atoms with Gasteiger partial charge in [-0.15, -0.1) is 0 Å². The summed E-state index contributed by atoms with van der Waals surface area (Å²) in [5.74, 6) is 1.30. The number of carbonyl (C=O) groups is 1. The van der Waals surface area contributed by atoms with Crippen LogP contribution in [0.5, 0.6) is 0 Å². The number of fused-ring (bicyclic) bond motifs is 1. The van der Waals surface area contributed by atoms with Gasteiger partial charge in [-0.2, -0.15) is 9.61 Å². The fourth-order valence-corrected chi connectivity index (χ4v) is 3.35. The molecule has 0 radical (unpaired) electrons. The quantitative estimate of drug-likeness (QED) is 0.336. The van der Waals surface area contributed by atoms with E-state index in [-0.39, 0.29) is 5.76 Å². The molecule has 1 fully saturated rings. The summed E-state index contributed by atoms with van der Waals surface area (Å²) in [7, 11) is 1.00. The molecule has 0 unspecified atom stereocenters. The molecular weight excluding hydrogens is 440 g/mol. The zero-order chi connectivity index (χ0) is 21.2. The van der Waals surface area contributed by atoms with Crippen molar-refractivity contribution in [3.63, 3.8) is 0 Å². The van der Waals surface area contributed by atoms with Crippen molar-refractivity contribution in [3.05, 3.63) is 41.4 Å². The van der Waals surface area contributed by atoms with E-state index in [0.717, 1.165) is 24.4 Å². The van der Waals surface area contributed by atoms with E-state index >= 15 is 0 Å². The van der Waals surface area contributed by atoms with E-state index in [0.29, 0.717) is 23.3 Å². The SMILES string of the molecule is C=C/C(=C\N=C)OC(=O)Nc1cc(NC2CCCCC2)nc2c(Br)cnn12.CO. The molecular formula is C19H25BrN6O3. The second kappa shape index (κ2) is 11.3. The summed E-state index contributed by atoms with van der Waals surface area (Å²) in [6.07, 6.45) is 9.53. The number of aromatic nitrogens is 3. The molecule has 3 N–H and O–H groups in total. The first kappa shape index (κ1) is 22.6. The van der Waals surface area contributed by atoms with Crippen LogP contribution in [0, 0.1) is 0 Å². The maximum Gasteiger partial charge on any atom is 0.418 e. The molecule has 10 heteroatoms. The third-order valence-corrected chi connectivity index (χ3v) is 4.81. The van der Waals surface area contributed by atoms with Gasteiger partial charge in [-0.3, -0.25) is 10.3 Å². The van der Waals surface area contributed by atoms with Crippen LogP contribution in [-0.2, 0) is 4.74 Å². The molecule has 3 rings (SSSR count). The molecule has 1 saturated carbocycles. The normalized spacial score (nSPS) is 14.5. The lowest BCUT2D eigenvalue weighted by atomic mass is 9.95. The van der Waals surface area contributed by atoms with Gasteiger partial charge in [0.15, 0.2) is 5.65 Å². The van der Waals surface area contributed by atoms with E-state index in [1.54, 1.807) is 12.3 Å². The van der Waals surface area contributed by atoms with Crippen molar-refractivity contribution in [3.8, 4) is 0 Å². The van der Waals surface area contributed by atoms with Crippen molar-refractivity contribution >= 4 is 46.0 Å². The Balaban J connectivity index is 0.00000145. The van der Waals surface area contributed by atoms with Gasteiger partial charge in [-0.05, 0) is 41.6 Å². The summed E-state index contributed by atoms with van der Waals surface area (Å²) in [5.41, 5.74) is 0.596. The summed E-state index contributed by atoms with van der Waals surface area (Å²) in [5, 5.41) is 17.4. The van der Waals surface area contributed by atoms with Gasteiger partial charge in [0, 0.05) is 19.2 Å². The number of aliphatic imine (C=N–C) groups is 1. The third kappa shape index (κ3) is 6.13. The predicted octanol–water partition coefficient (Wildman–Crippen LogP) is 4.12. The number of hydrogen-bond donors (Lipinski definition) is 3. The molecule has 2 aromatic heterocycles. The van der Waals surface area contributed by atoms with Crippen molar-refractivity contribution in [2.45, 2.75) is 38.1 Å². The number of amides is 1. The molecule has 0 aliphatic heterocycles. The standard InChI is InChI=1S/C18H21BrN6O2.CH4O/c1-3-13(10-20-2)27-18(26)24-16-9-15(22-12-7-5-4-6-8-12)23-17-14(19)11-21-25(16)17;1-2/h3,9-12H,1-2,4-8H2,(H,22,23)(H,24,26);2H,1H3/b13-10+;. The lowest BCUT2D eigenvalue weighted by Crippen LogP contribution is -2.23. The highest BCUT2D eigenvalue weighted by Gasteiger charge is 2.17. The summed E-state index contributed by atoms with van der Waals surface area (Å²) < 4.78 is 7.41. The lowest BCUT2D eigenvalue weighted by Gasteiger charge is -2.23. The third-order valence-electron chi connectivity index (χ3n) is 4.25. The first-order valence-corrected chi connectivity index (χ1v) is 9.93. The number of hydrogen-bond acceptors (Lipinski definition) is 7. The zero-order valence-electron chi connectivity index (χ0n) is 16.3. The molecule has 1 aliphatic carbocycles. The molecule has 2 aromatic rings. The Morgan fingerprint density at radius 1 is 1.41 bits per heavy atom. The van der Waals surface area contributed by atoms with Crippen molar-refractivity contribution < 1.29 is 14.6 Å². The van der Waals surface area contributed by atoms with Crippen molar-refractivity contribution in [2.75, 3.05) is 17.7 Å². The number of aliphatic hydroxyl groups excluding tert-OH is 1. The van der Waals surface area contributed by atoms with Crippen LogP contribution >= 0.6 is 15.9 Å². The highest BCUT2D eigenvalue weighted by molar-refractivity contribution is 9.10. The molecule has 156 valence electrons. The summed E-state index contributed by atoms with van der Waals surface area (Å²) in [4.78, 5) is 20.4. The van der Waals surface area contributed by atoms with Gasteiger partial charge in [-0.1, -0.05) is 25.8 Å². The van der Waals surface area contributed by atoms with Crippen molar-refractivity contribution in [1.82, 2.24) is 14.6 Å². The maximum absolute atomic E-state index is 12.2. The van der Waals surface area contributed by atoms with Crippen LogP contribution in [0.15, 0.2) is 46.3 Å². The topological polar surface area (TPSA) is 113 Å². The van der Waals surface area contributed by atoms with Crippen LogP contribution in [0.25, 0.3) is 5.65 Å². The number of ether oxygens (including phenoxy) is 1. The van der Waals surface area contributed by atoms with Gasteiger partial charge in [0.2, 0.25) is 0 Å². The number of anilines is 2. The number of nitrogens with one attached hydrogen (secondary N) is 2. The average molecular weight is 465 g/mol. The number of rotatable bonds is 6. The molecule has 1 aliphatic rings. The molecule has 1 amide bonds. The van der Waals surface area contributed by atoms with Gasteiger partial charge in [0.1, 0.15) is 17.4 Å². The van der Waals surface area contributed by atoms with E-state index in [1.807, 2.05) is 0 Å². The van der Waals surface area contributed by atoms with Gasteiger partial charge in [0.05, 0.1) is 16.9 Å². The molecule has 9 nitrogen and oxygen atoms in total. The van der Waals surface area contributed by atoms with Crippen LogP contribution in [0.1, 0.15) is 32.1 Å². The average Bonchev–Trinajstić information content (AvgIpc) is 3.11. The molecule has 2 heterocycles. The largest absolute Gasteiger partial charge is 0.418 e. The first-order chi connectivity index (χ1) is 14.1. The Morgan fingerprint density at radius 3 is 2.79 bits per heavy atom. The van der Waals surface area contributed by atoms with Gasteiger partial charge >= 0.3 is 6.09 Å². The number of aliphatic hydroxyl groups is 1. The summed E-state index contributed by atoms with van der Waals surface area (Å²) in [6.45, 7) is 6.90. The first-order valence-electron chi connectivity index (χ1n) is 9.13. The van der Waals surface area contributed by atoms with Gasteiger partial charge < -0.3 is 15.2 Å². The Kier molecular flexibility index (Phi) is 8.81. The minimum absolute atomic E-state index is 0.190. The minimum Gasteiger partial charge on any atom is -0.408 e. The smallest absolute Gasteiger partial charge is 0.408 e. The Bertz CT molecular complexity index is 889. The van der Waals surface area contributed by atoms with Crippen LogP contribution in [0.4, 0.5) is 16.4 Å². The molecule has 0 spiro atoms. The van der Waals surface area contributed by atoms with Gasteiger partial charge in [-0.25, -0.2) is 9.78 Å². The summed E-state index contributed by atoms with van der Waals surface area (Å²) in [6, 6.07) is 2.12. The van der Waals surface area contributed by atoms with Gasteiger partial charge in [0.25, 0.3) is 0 Å².